The Hall–Kier alpha value is -0.820. The third kappa shape index (κ3) is 4.94. The molecule has 1 fully saturated rings. The van der Waals surface area contributed by atoms with E-state index < -0.39 is 0 Å². The third-order valence-corrected chi connectivity index (χ3v) is 3.25. The second kappa shape index (κ2) is 9.18. The van der Waals surface area contributed by atoms with Crippen molar-refractivity contribution in [2.45, 2.75) is 31.6 Å². The molecule has 0 spiro atoms. The number of aromatic nitrogens is 2. The van der Waals surface area contributed by atoms with Crippen LogP contribution in [0.5, 0.6) is 0 Å². The summed E-state index contributed by atoms with van der Waals surface area (Å²) in [6.07, 6.45) is 4.98. The summed E-state index contributed by atoms with van der Waals surface area (Å²) in [5.41, 5.74) is 5.53. The minimum absolute atomic E-state index is 0. The van der Waals surface area contributed by atoms with E-state index in [9.17, 15) is 4.79 Å². The molecular weight excluding hydrogens is 303 g/mol. The van der Waals surface area contributed by atoms with Crippen LogP contribution >= 0.6 is 24.8 Å². The van der Waals surface area contributed by atoms with Crippen molar-refractivity contribution in [1.29, 1.82) is 0 Å². The Morgan fingerprint density at radius 1 is 1.50 bits per heavy atom. The zero-order valence-corrected chi connectivity index (χ0v) is 13.1. The van der Waals surface area contributed by atoms with Gasteiger partial charge in [0.25, 0.3) is 5.91 Å². The lowest BCUT2D eigenvalue weighted by molar-refractivity contribution is -0.141. The minimum Gasteiger partial charge on any atom is -0.364 e. The number of rotatable bonds is 5. The fourth-order valence-corrected chi connectivity index (χ4v) is 2.10. The Kier molecular flexibility index (Phi) is 8.80. The molecule has 2 heterocycles. The van der Waals surface area contributed by atoms with Crippen LogP contribution in [0.2, 0.25) is 0 Å². The van der Waals surface area contributed by atoms with Crippen molar-refractivity contribution in [3.63, 3.8) is 0 Å². The maximum Gasteiger partial charge on any atom is 0.251 e. The third-order valence-electron chi connectivity index (χ3n) is 3.25. The second-order valence-corrected chi connectivity index (χ2v) is 4.59. The van der Waals surface area contributed by atoms with E-state index in [-0.39, 0.29) is 42.9 Å². The summed E-state index contributed by atoms with van der Waals surface area (Å²) in [7, 11) is 1.80. The van der Waals surface area contributed by atoms with Crippen LogP contribution < -0.4 is 5.73 Å². The number of ether oxygens (including phenoxy) is 1. The normalized spacial score (nSPS) is 20.9. The first kappa shape index (κ1) is 19.2. The van der Waals surface area contributed by atoms with E-state index in [4.69, 9.17) is 10.5 Å². The predicted octanol–water partition coefficient (Wildman–Crippen LogP) is 0.691. The SMILES string of the molecule is CN(CCn1cccn1)C(=O)[C@@H]1CC[C@H](CN)O1.Cl.Cl. The molecule has 0 saturated carbocycles. The van der Waals surface area contributed by atoms with Crippen molar-refractivity contribution >= 4 is 30.7 Å². The van der Waals surface area contributed by atoms with Gasteiger partial charge in [0.1, 0.15) is 6.10 Å². The number of amides is 1. The zero-order valence-electron chi connectivity index (χ0n) is 11.5. The number of hydrogen-bond donors (Lipinski definition) is 1. The number of carbonyl (C=O) groups excluding carboxylic acids is 1. The van der Waals surface area contributed by atoms with Gasteiger partial charge in [-0.25, -0.2) is 0 Å². The van der Waals surface area contributed by atoms with Crippen LogP contribution in [0.3, 0.4) is 0 Å². The monoisotopic (exact) mass is 324 g/mol. The van der Waals surface area contributed by atoms with E-state index in [1.807, 2.05) is 16.9 Å². The first-order valence-corrected chi connectivity index (χ1v) is 6.28. The maximum absolute atomic E-state index is 12.1. The van der Waals surface area contributed by atoms with Gasteiger partial charge in [0.15, 0.2) is 0 Å². The summed E-state index contributed by atoms with van der Waals surface area (Å²) in [5, 5.41) is 4.10. The van der Waals surface area contributed by atoms with Gasteiger partial charge in [0.05, 0.1) is 12.6 Å². The Morgan fingerprint density at radius 2 is 2.25 bits per heavy atom. The van der Waals surface area contributed by atoms with Gasteiger partial charge in [0.2, 0.25) is 0 Å². The fraction of sp³-hybridized carbons (Fsp3) is 0.667. The minimum atomic E-state index is -0.318. The van der Waals surface area contributed by atoms with Crippen LogP contribution in [0, 0.1) is 0 Å². The highest BCUT2D eigenvalue weighted by atomic mass is 35.5. The Bertz CT molecular complexity index is 389. The number of nitrogens with two attached hydrogens (primary N) is 1. The van der Waals surface area contributed by atoms with E-state index in [0.29, 0.717) is 19.6 Å². The van der Waals surface area contributed by atoms with Crippen LogP contribution in [-0.4, -0.2) is 52.9 Å². The lowest BCUT2D eigenvalue weighted by atomic mass is 10.2. The molecule has 2 atom stereocenters. The number of halogens is 2. The molecule has 0 unspecified atom stereocenters. The Balaban J connectivity index is 0.00000180. The van der Waals surface area contributed by atoms with Gasteiger partial charge in [-0.3, -0.25) is 9.48 Å². The fourth-order valence-electron chi connectivity index (χ4n) is 2.10. The first-order valence-electron chi connectivity index (χ1n) is 6.28. The molecule has 1 aliphatic heterocycles. The molecule has 6 nitrogen and oxygen atoms in total. The van der Waals surface area contributed by atoms with E-state index >= 15 is 0 Å². The number of nitrogens with zero attached hydrogens (tertiary/aromatic N) is 3. The van der Waals surface area contributed by atoms with Gasteiger partial charge in [0, 0.05) is 32.5 Å². The Labute approximate surface area is 131 Å². The molecule has 1 aliphatic rings. The highest BCUT2D eigenvalue weighted by Gasteiger charge is 2.31. The van der Waals surface area contributed by atoms with Gasteiger partial charge in [-0.1, -0.05) is 0 Å². The van der Waals surface area contributed by atoms with E-state index in [1.54, 1.807) is 18.1 Å². The smallest absolute Gasteiger partial charge is 0.251 e. The molecule has 1 aromatic rings. The van der Waals surface area contributed by atoms with Crippen LogP contribution in [0.25, 0.3) is 0 Å². The molecule has 1 amide bonds. The van der Waals surface area contributed by atoms with Crippen LogP contribution in [-0.2, 0) is 16.1 Å². The lowest BCUT2D eigenvalue weighted by Gasteiger charge is -2.21. The van der Waals surface area contributed by atoms with E-state index in [1.165, 1.54) is 0 Å². The van der Waals surface area contributed by atoms with Gasteiger partial charge < -0.3 is 15.4 Å². The predicted molar refractivity (Wildman–Crippen MR) is 81.3 cm³/mol. The van der Waals surface area contributed by atoms with Crippen molar-refractivity contribution < 1.29 is 9.53 Å². The summed E-state index contributed by atoms with van der Waals surface area (Å²) in [5.74, 6) is 0.0399. The molecule has 0 bridgehead atoms. The van der Waals surface area contributed by atoms with Crippen molar-refractivity contribution in [3.05, 3.63) is 18.5 Å². The average molecular weight is 325 g/mol. The molecule has 20 heavy (non-hydrogen) atoms. The van der Waals surface area contributed by atoms with Gasteiger partial charge >= 0.3 is 0 Å². The highest BCUT2D eigenvalue weighted by molar-refractivity contribution is 5.85. The second-order valence-electron chi connectivity index (χ2n) is 4.59. The number of likely N-dealkylation sites (N-methyl/N-ethyl adjacent to an activating group) is 1. The average Bonchev–Trinajstić information content (AvgIpc) is 3.05. The molecule has 1 saturated heterocycles. The molecule has 116 valence electrons. The van der Waals surface area contributed by atoms with Crippen LogP contribution in [0.15, 0.2) is 18.5 Å². The maximum atomic E-state index is 12.1. The molecule has 1 aromatic heterocycles. The molecule has 0 radical (unpaired) electrons. The van der Waals surface area contributed by atoms with Crippen LogP contribution in [0.4, 0.5) is 0 Å². The highest BCUT2D eigenvalue weighted by Crippen LogP contribution is 2.20. The summed E-state index contributed by atoms with van der Waals surface area (Å²) >= 11 is 0. The van der Waals surface area contributed by atoms with E-state index in [2.05, 4.69) is 5.10 Å². The van der Waals surface area contributed by atoms with Crippen LogP contribution in [0.1, 0.15) is 12.8 Å². The number of carbonyl (C=O) groups is 1. The quantitative estimate of drug-likeness (QED) is 0.864. The van der Waals surface area contributed by atoms with Crippen molar-refractivity contribution in [3.8, 4) is 0 Å². The zero-order chi connectivity index (χ0) is 13.0. The standard InChI is InChI=1S/C12H20N4O2.2ClH/c1-15(7-8-16-6-2-5-14-16)12(17)11-4-3-10(9-13)18-11;;/h2,5-6,10-11H,3-4,7-9,13H2,1H3;2*1H/t10-,11+;;/m1../s1. The lowest BCUT2D eigenvalue weighted by Crippen LogP contribution is -2.38. The van der Waals surface area contributed by atoms with Crippen molar-refractivity contribution in [2.75, 3.05) is 20.1 Å². The molecular formula is C12H22Cl2N4O2. The molecule has 0 aromatic carbocycles. The molecule has 2 rings (SSSR count). The number of hydrogen-bond acceptors (Lipinski definition) is 4. The van der Waals surface area contributed by atoms with Crippen molar-refractivity contribution in [2.24, 2.45) is 5.73 Å². The van der Waals surface area contributed by atoms with Gasteiger partial charge in [-0.15, -0.1) is 24.8 Å². The van der Waals surface area contributed by atoms with E-state index in [0.717, 1.165) is 12.8 Å². The topological polar surface area (TPSA) is 73.4 Å². The first-order chi connectivity index (χ1) is 8.70. The van der Waals surface area contributed by atoms with Gasteiger partial charge in [-0.05, 0) is 18.9 Å². The van der Waals surface area contributed by atoms with Gasteiger partial charge in [-0.2, -0.15) is 5.10 Å². The largest absolute Gasteiger partial charge is 0.364 e. The summed E-state index contributed by atoms with van der Waals surface area (Å²) in [4.78, 5) is 13.8. The van der Waals surface area contributed by atoms with Crippen molar-refractivity contribution in [1.82, 2.24) is 14.7 Å². The summed E-state index contributed by atoms with van der Waals surface area (Å²) in [6, 6.07) is 1.87. The molecule has 2 N–H and O–H groups in total. The molecule has 8 heteroatoms. The Morgan fingerprint density at radius 3 is 2.80 bits per heavy atom. The summed E-state index contributed by atoms with van der Waals surface area (Å²) in [6.45, 7) is 1.82. The molecule has 0 aliphatic carbocycles. The summed E-state index contributed by atoms with van der Waals surface area (Å²) < 4.78 is 7.40.